The predicted octanol–water partition coefficient (Wildman–Crippen LogP) is 2.49. The minimum absolute atomic E-state index is 0.00472. The Morgan fingerprint density at radius 2 is 1.94 bits per heavy atom. The molecule has 1 saturated heterocycles. The van der Waals surface area contributed by atoms with Crippen LogP contribution in [-0.2, 0) is 11.3 Å². The van der Waals surface area contributed by atoms with Gasteiger partial charge in [-0.05, 0) is 44.9 Å². The van der Waals surface area contributed by atoms with Crippen LogP contribution in [0.15, 0.2) is 34.0 Å². The highest BCUT2D eigenvalue weighted by molar-refractivity contribution is 6.11. The fourth-order valence-corrected chi connectivity index (χ4v) is 4.27. The van der Waals surface area contributed by atoms with Gasteiger partial charge in [0.15, 0.2) is 5.65 Å². The topological polar surface area (TPSA) is 122 Å². The standard InChI is InChI=1S/C24H30N6O4/c1-6-30-21-20(23(32)28-24(30)33)17(9-18(27-21)13(2)3)22(31)26-16-7-8-19(25-10-16)29-11-14(4)34-15(5)12-29/h7-10,13-15H,6,11-12H2,1-5H3,(H,26,31)(H,28,32,33). The fraction of sp³-hybridized carbons (Fsp3) is 0.458. The molecule has 10 heteroatoms. The van der Waals surface area contributed by atoms with Gasteiger partial charge in [0.2, 0.25) is 0 Å². The highest BCUT2D eigenvalue weighted by Gasteiger charge is 2.24. The average molecular weight is 467 g/mol. The monoisotopic (exact) mass is 466 g/mol. The molecular formula is C24H30N6O4. The molecule has 0 aliphatic carbocycles. The number of aryl methyl sites for hydroxylation is 1. The van der Waals surface area contributed by atoms with Gasteiger partial charge >= 0.3 is 5.69 Å². The fourth-order valence-electron chi connectivity index (χ4n) is 4.27. The van der Waals surface area contributed by atoms with E-state index in [1.807, 2.05) is 33.8 Å². The first-order valence-electron chi connectivity index (χ1n) is 11.5. The van der Waals surface area contributed by atoms with E-state index < -0.39 is 17.2 Å². The van der Waals surface area contributed by atoms with Gasteiger partial charge in [-0.2, -0.15) is 0 Å². The van der Waals surface area contributed by atoms with Crippen LogP contribution in [-0.4, -0.2) is 50.7 Å². The molecule has 1 amide bonds. The SMILES string of the molecule is CCn1c(=O)[nH]c(=O)c2c(C(=O)Nc3ccc(N4CC(C)OC(C)C4)nc3)cc(C(C)C)nc21. The van der Waals surface area contributed by atoms with E-state index in [0.29, 0.717) is 17.9 Å². The van der Waals surface area contributed by atoms with Crippen LogP contribution in [0.1, 0.15) is 56.6 Å². The summed E-state index contributed by atoms with van der Waals surface area (Å²) in [4.78, 5) is 51.7. The quantitative estimate of drug-likeness (QED) is 0.592. The van der Waals surface area contributed by atoms with Crippen LogP contribution in [0.4, 0.5) is 11.5 Å². The highest BCUT2D eigenvalue weighted by Crippen LogP contribution is 2.23. The normalized spacial score (nSPS) is 18.5. The second-order valence-corrected chi connectivity index (χ2v) is 8.97. The molecule has 1 aliphatic rings. The van der Waals surface area contributed by atoms with Gasteiger partial charge in [-0.3, -0.25) is 19.1 Å². The summed E-state index contributed by atoms with van der Waals surface area (Å²) < 4.78 is 7.14. The summed E-state index contributed by atoms with van der Waals surface area (Å²) >= 11 is 0. The number of fused-ring (bicyclic) bond motifs is 1. The van der Waals surface area contributed by atoms with Gasteiger partial charge in [-0.1, -0.05) is 13.8 Å². The number of nitrogens with zero attached hydrogens (tertiary/aromatic N) is 4. The first-order valence-corrected chi connectivity index (χ1v) is 11.5. The van der Waals surface area contributed by atoms with Crippen LogP contribution in [0.5, 0.6) is 0 Å². The third-order valence-corrected chi connectivity index (χ3v) is 5.87. The van der Waals surface area contributed by atoms with Gasteiger partial charge in [0, 0.05) is 25.3 Å². The van der Waals surface area contributed by atoms with E-state index in [1.54, 1.807) is 25.3 Å². The molecule has 10 nitrogen and oxygen atoms in total. The number of anilines is 2. The molecular weight excluding hydrogens is 436 g/mol. The lowest BCUT2D eigenvalue weighted by atomic mass is 10.0. The Kier molecular flexibility index (Phi) is 6.52. The van der Waals surface area contributed by atoms with Gasteiger partial charge in [0.05, 0.1) is 35.0 Å². The largest absolute Gasteiger partial charge is 0.372 e. The van der Waals surface area contributed by atoms with Crippen molar-refractivity contribution in [3.05, 3.63) is 56.5 Å². The Hall–Kier alpha value is -3.53. The molecule has 3 aromatic heterocycles. The van der Waals surface area contributed by atoms with Crippen LogP contribution >= 0.6 is 0 Å². The Morgan fingerprint density at radius 3 is 2.53 bits per heavy atom. The van der Waals surface area contributed by atoms with Crippen molar-refractivity contribution in [1.82, 2.24) is 19.5 Å². The minimum Gasteiger partial charge on any atom is -0.372 e. The molecule has 4 heterocycles. The number of hydrogen-bond acceptors (Lipinski definition) is 7. The number of pyridine rings is 2. The molecule has 0 bridgehead atoms. The molecule has 0 saturated carbocycles. The zero-order chi connectivity index (χ0) is 24.6. The number of aromatic amines is 1. The lowest BCUT2D eigenvalue weighted by Gasteiger charge is -2.36. The third-order valence-electron chi connectivity index (χ3n) is 5.87. The van der Waals surface area contributed by atoms with Crippen LogP contribution in [0.2, 0.25) is 0 Å². The van der Waals surface area contributed by atoms with Crippen molar-refractivity contribution in [2.45, 2.75) is 59.3 Å². The van der Waals surface area contributed by atoms with Gasteiger partial charge in [0.25, 0.3) is 11.5 Å². The van der Waals surface area contributed by atoms with E-state index in [4.69, 9.17) is 4.74 Å². The molecule has 2 unspecified atom stereocenters. The molecule has 2 atom stereocenters. The maximum absolute atomic E-state index is 13.3. The molecule has 0 radical (unpaired) electrons. The minimum atomic E-state index is -0.637. The van der Waals surface area contributed by atoms with E-state index in [0.717, 1.165) is 18.9 Å². The number of nitrogens with one attached hydrogen (secondary N) is 2. The number of carbonyl (C=O) groups excluding carboxylic acids is 1. The average Bonchev–Trinajstić information content (AvgIpc) is 2.78. The van der Waals surface area contributed by atoms with Crippen molar-refractivity contribution < 1.29 is 9.53 Å². The summed E-state index contributed by atoms with van der Waals surface area (Å²) in [6.07, 6.45) is 1.81. The van der Waals surface area contributed by atoms with E-state index in [2.05, 4.69) is 25.2 Å². The molecule has 4 rings (SSSR count). The lowest BCUT2D eigenvalue weighted by Crippen LogP contribution is -2.45. The van der Waals surface area contributed by atoms with Crippen molar-refractivity contribution in [3.63, 3.8) is 0 Å². The molecule has 2 N–H and O–H groups in total. The molecule has 1 fully saturated rings. The number of H-pyrrole nitrogens is 1. The Balaban J connectivity index is 1.68. The zero-order valence-corrected chi connectivity index (χ0v) is 20.1. The maximum Gasteiger partial charge on any atom is 0.329 e. The number of aromatic nitrogens is 4. The molecule has 0 spiro atoms. The van der Waals surface area contributed by atoms with Gasteiger partial charge in [-0.25, -0.2) is 14.8 Å². The van der Waals surface area contributed by atoms with Crippen molar-refractivity contribution in [1.29, 1.82) is 0 Å². The van der Waals surface area contributed by atoms with E-state index in [1.165, 1.54) is 4.57 Å². The second-order valence-electron chi connectivity index (χ2n) is 8.97. The van der Waals surface area contributed by atoms with Crippen LogP contribution in [0.3, 0.4) is 0 Å². The predicted molar refractivity (Wildman–Crippen MR) is 131 cm³/mol. The number of morpholine rings is 1. The lowest BCUT2D eigenvalue weighted by molar-refractivity contribution is -0.00545. The summed E-state index contributed by atoms with van der Waals surface area (Å²) in [6, 6.07) is 5.25. The summed E-state index contributed by atoms with van der Waals surface area (Å²) in [7, 11) is 0. The van der Waals surface area contributed by atoms with Crippen LogP contribution in [0.25, 0.3) is 11.0 Å². The van der Waals surface area contributed by atoms with Crippen molar-refractivity contribution in [2.75, 3.05) is 23.3 Å². The smallest absolute Gasteiger partial charge is 0.329 e. The van der Waals surface area contributed by atoms with Gasteiger partial charge in [-0.15, -0.1) is 0 Å². The molecule has 1 aliphatic heterocycles. The van der Waals surface area contributed by atoms with E-state index in [-0.39, 0.29) is 34.7 Å². The summed E-state index contributed by atoms with van der Waals surface area (Å²) in [5, 5.41) is 2.92. The number of carbonyl (C=O) groups is 1. The Morgan fingerprint density at radius 1 is 1.24 bits per heavy atom. The Bertz CT molecular complexity index is 1320. The summed E-state index contributed by atoms with van der Waals surface area (Å²) in [6.45, 7) is 11.5. The van der Waals surface area contributed by atoms with Crippen molar-refractivity contribution in [3.8, 4) is 0 Å². The number of ether oxygens (including phenoxy) is 1. The summed E-state index contributed by atoms with van der Waals surface area (Å²) in [5.74, 6) is 0.332. The van der Waals surface area contributed by atoms with Gasteiger partial charge < -0.3 is 15.0 Å². The zero-order valence-electron chi connectivity index (χ0n) is 20.1. The first-order chi connectivity index (χ1) is 16.2. The van der Waals surface area contributed by atoms with Crippen molar-refractivity contribution >= 4 is 28.4 Å². The highest BCUT2D eigenvalue weighted by atomic mass is 16.5. The molecule has 3 aromatic rings. The van der Waals surface area contributed by atoms with Crippen LogP contribution < -0.4 is 21.5 Å². The third kappa shape index (κ3) is 4.58. The second kappa shape index (κ2) is 9.38. The molecule has 34 heavy (non-hydrogen) atoms. The number of hydrogen-bond donors (Lipinski definition) is 2. The molecule has 0 aromatic carbocycles. The Labute approximate surface area is 197 Å². The van der Waals surface area contributed by atoms with Crippen molar-refractivity contribution in [2.24, 2.45) is 0 Å². The maximum atomic E-state index is 13.3. The summed E-state index contributed by atoms with van der Waals surface area (Å²) in [5.41, 5.74) is 0.301. The number of rotatable bonds is 5. The number of amides is 1. The van der Waals surface area contributed by atoms with E-state index >= 15 is 0 Å². The molecule has 180 valence electrons. The van der Waals surface area contributed by atoms with E-state index in [9.17, 15) is 14.4 Å². The first kappa shape index (κ1) is 23.6. The van der Waals surface area contributed by atoms with Gasteiger partial charge in [0.1, 0.15) is 5.82 Å². The van der Waals surface area contributed by atoms with Crippen LogP contribution in [0, 0.1) is 0 Å².